The molecular formula is C75H97BF10N9O20S9. The number of rotatable bonds is 36. The van der Waals surface area contributed by atoms with Crippen molar-refractivity contribution in [3.8, 4) is 0 Å². The summed E-state index contributed by atoms with van der Waals surface area (Å²) >= 11 is 6.26. The van der Waals surface area contributed by atoms with Crippen LogP contribution >= 0.6 is 83.5 Å². The van der Waals surface area contributed by atoms with E-state index in [-0.39, 0.29) is 74.2 Å². The molecule has 2 unspecified atom stereocenters. The molecule has 6 aliphatic heterocycles. The summed E-state index contributed by atoms with van der Waals surface area (Å²) in [6.45, 7) is 11.6. The lowest BCUT2D eigenvalue weighted by Crippen LogP contribution is -2.43. The molecule has 2 amide bonds. The standard InChI is InChI=1S/C21H24F3N3O6S3.C21H26F3N3O5S3.C14H20N2O2S.C8H14BO2.C7H5F4NO4S2.C4H8O/c22-21(23,24)36(29,30)19-13-17(35-33-32-25)6-7-18(19)26-15(14-34-16-4-2-1-3-5-16)12-20(28)27-8-10-31-11-9-27;22-21(23,24)35(28,29)20-14-18(34-32-31-25)6-7-19(20)26-16(8-9-27-10-12-30-13-11-27)15-33-17-4-2-1-3-5-17;15-12(11-19-13-4-2-1-3-5-13)10-14(17)16-6-8-18-9-7-16;1-3-7(10-5-1)9-8-4-2-6-11-8;8-5-2-1-4(17-16-14-12)3-6(5)18-15-13-7(9,10)11;1-2-4-5-3-1/h1-7,13,15,26H,8-12,14,25H2;1-7,14,16,26H,8-13,15,25H2;1-5,12H,6-11,15H2;7-8H,1-6H2;1-3H,12H2;1-4H2/t15-;16-;12-;;;/m111.../s1. The summed E-state index contributed by atoms with van der Waals surface area (Å²) in [6.07, 6.45) is 3.35. The third-order valence-corrected chi connectivity index (χ3v) is 26.8. The van der Waals surface area contributed by atoms with E-state index in [0.29, 0.717) is 144 Å². The zero-order valence-corrected chi connectivity index (χ0v) is 73.9. The minimum absolute atomic E-state index is 0.00780. The van der Waals surface area contributed by atoms with Crippen molar-refractivity contribution in [2.24, 2.45) is 23.4 Å². The van der Waals surface area contributed by atoms with Gasteiger partial charge in [-0.3, -0.25) is 14.5 Å². The molecule has 6 saturated heterocycles. The highest BCUT2D eigenvalue weighted by Crippen LogP contribution is 2.41. The van der Waals surface area contributed by atoms with Crippen molar-refractivity contribution in [1.82, 2.24) is 14.7 Å². The smallest absolute Gasteiger partial charge is 0.387 e. The van der Waals surface area contributed by atoms with Crippen molar-refractivity contribution in [1.29, 1.82) is 0 Å². The average Bonchev–Trinajstić information content (AvgIpc) is 0.796. The summed E-state index contributed by atoms with van der Waals surface area (Å²) < 4.78 is 227. The summed E-state index contributed by atoms with van der Waals surface area (Å²) in [6, 6.07) is 39.0. The predicted octanol–water partition coefficient (Wildman–Crippen LogP) is 14.0. The van der Waals surface area contributed by atoms with Crippen LogP contribution in [0.4, 0.5) is 55.3 Å². The quantitative estimate of drug-likeness (QED) is 0.00531. The van der Waals surface area contributed by atoms with Gasteiger partial charge in [-0.25, -0.2) is 21.2 Å². The van der Waals surface area contributed by atoms with E-state index < -0.39 is 58.7 Å². The van der Waals surface area contributed by atoms with Gasteiger partial charge in [-0.1, -0.05) is 54.6 Å². The summed E-state index contributed by atoms with van der Waals surface area (Å²) in [4.78, 5) is 46.6. The maximum absolute atomic E-state index is 13.5. The SMILES string of the molecule is C1CCOC1.NOOSc1ccc(F)c(SOOC(F)(F)F)c1.NOOSc1ccc(N[C@@H](CSc2ccccc2)CC(=O)N2CCOCC2)c(S(=O)(=O)C(F)(F)F)c1.NOOSc1ccc(N[C@H](CCN2CCOCC2)CSc2ccccc2)c(S(=O)(=O)C(F)(F)F)c1.N[C@@H](CSc1ccccc1)CC(=O)N1CCOCC1.[B](C1CCCO1)C1CCCO1. The molecule has 6 aromatic carbocycles. The lowest BCUT2D eigenvalue weighted by atomic mass is 9.64. The normalized spacial score (nSPS) is 17.8. The van der Waals surface area contributed by atoms with Crippen LogP contribution in [-0.2, 0) is 94.9 Å². The number of ether oxygens (including phenoxy) is 6. The highest BCUT2D eigenvalue weighted by molar-refractivity contribution is 8.00. The van der Waals surface area contributed by atoms with E-state index in [9.17, 15) is 70.3 Å². The Balaban J connectivity index is 0.000000220. The van der Waals surface area contributed by atoms with E-state index in [1.807, 2.05) is 83.8 Å². The zero-order chi connectivity index (χ0) is 89.6. The maximum Gasteiger partial charge on any atom is 0.550 e. The number of hydrogen-bond donors (Lipinski definition) is 6. The molecule has 0 aliphatic carbocycles. The molecular weight excluding hydrogens is 1840 g/mol. The summed E-state index contributed by atoms with van der Waals surface area (Å²) in [7, 11) is -9.14. The molecule has 0 aromatic heterocycles. The first-order valence-corrected chi connectivity index (χ1v) is 47.2. The van der Waals surface area contributed by atoms with Gasteiger partial charge in [-0.15, -0.1) is 85.6 Å². The van der Waals surface area contributed by atoms with E-state index >= 15 is 0 Å². The van der Waals surface area contributed by atoms with Gasteiger partial charge in [-0.05, 0) is 136 Å². The molecule has 5 atom stereocenters. The fraction of sp³-hybridized carbons (Fsp3) is 0.493. The van der Waals surface area contributed by atoms with Crippen molar-refractivity contribution >= 4 is 134 Å². The maximum atomic E-state index is 13.5. The number of anilines is 2. The lowest BCUT2D eigenvalue weighted by Gasteiger charge is -2.29. The number of morpholine rings is 3. The van der Waals surface area contributed by atoms with Gasteiger partial charge in [0.1, 0.15) is 15.6 Å². The summed E-state index contributed by atoms with van der Waals surface area (Å²) in [5.74, 6) is 14.8. The lowest BCUT2D eigenvalue weighted by molar-refractivity contribution is -0.440. The molecule has 29 nitrogen and oxygen atoms in total. The monoisotopic (exact) mass is 1930 g/mol. The fourth-order valence-electron chi connectivity index (χ4n) is 11.6. The van der Waals surface area contributed by atoms with Crippen LogP contribution in [0, 0.1) is 5.82 Å². The highest BCUT2D eigenvalue weighted by Gasteiger charge is 2.50. The van der Waals surface area contributed by atoms with Crippen molar-refractivity contribution in [3.63, 3.8) is 0 Å². The summed E-state index contributed by atoms with van der Waals surface area (Å²) in [5, 5.41) is 5.92. The number of alkyl halides is 9. The molecule has 6 fully saturated rings. The molecule has 6 aromatic rings. The molecule has 689 valence electrons. The van der Waals surface area contributed by atoms with Crippen molar-refractivity contribution < 1.29 is 136 Å². The molecule has 0 saturated carbocycles. The number of amides is 2. The molecule has 12 rings (SSSR count). The number of hydrogen-bond acceptors (Lipinski definition) is 34. The second-order valence-electron chi connectivity index (χ2n) is 26.8. The fourth-order valence-corrected chi connectivity index (χ4v) is 18.3. The number of halogens is 10. The predicted molar refractivity (Wildman–Crippen MR) is 450 cm³/mol. The van der Waals surface area contributed by atoms with Crippen LogP contribution in [-0.4, -0.2) is 227 Å². The number of nitrogens with one attached hydrogen (secondary N) is 2. The van der Waals surface area contributed by atoms with Crippen LogP contribution in [0.15, 0.2) is 190 Å². The van der Waals surface area contributed by atoms with Gasteiger partial charge in [0.2, 0.25) is 11.8 Å². The topological polar surface area (TPSA) is 370 Å². The Morgan fingerprint density at radius 3 is 1.27 bits per heavy atom. The Hall–Kier alpha value is -5.19. The van der Waals surface area contributed by atoms with Crippen LogP contribution in [0.2, 0.25) is 0 Å². The Bertz CT molecular complexity index is 4250. The molecule has 49 heteroatoms. The van der Waals surface area contributed by atoms with Gasteiger partial charge in [0.05, 0.1) is 104 Å². The third kappa shape index (κ3) is 40.0. The number of benzene rings is 6. The minimum atomic E-state index is -5.74. The number of carbonyl (C=O) groups excluding carboxylic acids is 2. The first-order valence-electron chi connectivity index (χ1n) is 38.3. The van der Waals surface area contributed by atoms with Gasteiger partial charge in [0.25, 0.3) is 19.7 Å². The number of thioether (sulfide) groups is 3. The first-order chi connectivity index (χ1) is 59.4. The minimum Gasteiger partial charge on any atom is -0.387 e. The van der Waals surface area contributed by atoms with Crippen molar-refractivity contribution in [2.45, 2.75) is 149 Å². The van der Waals surface area contributed by atoms with Gasteiger partial charge < -0.3 is 54.6 Å². The molecule has 0 spiro atoms. The second-order valence-corrected chi connectivity index (χ2v) is 37.0. The van der Waals surface area contributed by atoms with E-state index in [0.717, 1.165) is 79.3 Å². The van der Waals surface area contributed by atoms with Gasteiger partial charge in [-0.2, -0.15) is 44.0 Å². The second kappa shape index (κ2) is 57.1. The van der Waals surface area contributed by atoms with Crippen molar-refractivity contribution in [2.75, 3.05) is 140 Å². The third-order valence-electron chi connectivity index (χ3n) is 17.7. The molecule has 124 heavy (non-hydrogen) atoms. The number of nitrogens with zero attached hydrogens (tertiary/aromatic N) is 3. The number of sulfone groups is 2. The average molecular weight is 1930 g/mol. The van der Waals surface area contributed by atoms with Gasteiger partial charge >= 0.3 is 17.4 Å². The Morgan fingerprint density at radius 2 is 0.863 bits per heavy atom. The van der Waals surface area contributed by atoms with E-state index in [1.54, 1.807) is 16.7 Å². The molecule has 0 bridgehead atoms. The highest BCUT2D eigenvalue weighted by atomic mass is 32.2. The van der Waals surface area contributed by atoms with E-state index in [4.69, 9.17) is 45.9 Å². The Morgan fingerprint density at radius 1 is 0.468 bits per heavy atom. The number of nitrogens with two attached hydrogens (primary N) is 4. The molecule has 1 radical (unpaired) electrons. The van der Waals surface area contributed by atoms with Crippen molar-refractivity contribution in [3.05, 3.63) is 151 Å². The van der Waals surface area contributed by atoms with E-state index in [2.05, 4.69) is 78.0 Å². The molecule has 6 heterocycles. The zero-order valence-electron chi connectivity index (χ0n) is 66.6. The Labute approximate surface area is 743 Å². The van der Waals surface area contributed by atoms with Gasteiger partial charge in [0.15, 0.2) is 7.28 Å². The molecule has 6 aliphatic rings. The molecule has 10 N–H and O–H groups in total. The summed E-state index contributed by atoms with van der Waals surface area (Å²) in [5.41, 5.74) is -5.42. The van der Waals surface area contributed by atoms with Crippen LogP contribution < -0.4 is 34.1 Å². The van der Waals surface area contributed by atoms with Crippen LogP contribution in [0.5, 0.6) is 0 Å². The number of carbonyl (C=O) groups is 2. The van der Waals surface area contributed by atoms with Gasteiger partial charge in [0, 0.05) is 162 Å². The Kier molecular flexibility index (Phi) is 48.7. The van der Waals surface area contributed by atoms with Crippen LogP contribution in [0.1, 0.15) is 57.8 Å². The van der Waals surface area contributed by atoms with Crippen LogP contribution in [0.25, 0.3) is 0 Å². The van der Waals surface area contributed by atoms with Crippen LogP contribution in [0.3, 0.4) is 0 Å². The first kappa shape index (κ1) is 106. The van der Waals surface area contributed by atoms with E-state index in [1.165, 1.54) is 97.3 Å². The largest absolute Gasteiger partial charge is 0.550 e.